The highest BCUT2D eigenvalue weighted by Crippen LogP contribution is 2.14. The van der Waals surface area contributed by atoms with E-state index in [0.29, 0.717) is 11.1 Å². The van der Waals surface area contributed by atoms with Crippen LogP contribution in [0.4, 0.5) is 0 Å². The maximum Gasteiger partial charge on any atom is 0.176 e. The van der Waals surface area contributed by atoms with Gasteiger partial charge in [-0.3, -0.25) is 4.79 Å². The second-order valence-corrected chi connectivity index (χ2v) is 4.17. The zero-order valence-electron chi connectivity index (χ0n) is 7.33. The van der Waals surface area contributed by atoms with Crippen LogP contribution in [0.25, 0.3) is 0 Å². The van der Waals surface area contributed by atoms with E-state index in [2.05, 4.69) is 15.9 Å². The fourth-order valence-corrected chi connectivity index (χ4v) is 1.36. The summed E-state index contributed by atoms with van der Waals surface area (Å²) >= 11 is 3.21. The molecule has 1 rings (SSSR count). The molecular formula is C10H11BrO2. The monoisotopic (exact) mass is 242 g/mol. The van der Waals surface area contributed by atoms with E-state index in [0.717, 1.165) is 0 Å². The normalized spacial score (nSPS) is 12.5. The van der Waals surface area contributed by atoms with Crippen LogP contribution in [0.15, 0.2) is 24.3 Å². The summed E-state index contributed by atoms with van der Waals surface area (Å²) in [5.74, 6) is 0.00431. The fourth-order valence-electron chi connectivity index (χ4n) is 1.11. The number of carbonyl (C=O) groups is 1. The van der Waals surface area contributed by atoms with E-state index in [-0.39, 0.29) is 17.2 Å². The molecule has 0 radical (unpaired) electrons. The second kappa shape index (κ2) is 4.53. The largest absolute Gasteiger partial charge is 0.392 e. The number of aliphatic hydroxyl groups is 1. The van der Waals surface area contributed by atoms with Crippen molar-refractivity contribution < 1.29 is 9.90 Å². The van der Waals surface area contributed by atoms with Crippen LogP contribution >= 0.6 is 15.9 Å². The van der Waals surface area contributed by atoms with Gasteiger partial charge in [-0.05, 0) is 12.5 Å². The number of hydrogen-bond acceptors (Lipinski definition) is 2. The molecule has 1 unspecified atom stereocenters. The van der Waals surface area contributed by atoms with Crippen LogP contribution in [-0.4, -0.2) is 15.7 Å². The molecule has 0 aromatic heterocycles. The smallest absolute Gasteiger partial charge is 0.176 e. The van der Waals surface area contributed by atoms with E-state index in [1.54, 1.807) is 31.2 Å². The summed E-state index contributed by atoms with van der Waals surface area (Å²) in [6, 6.07) is 7.08. The summed E-state index contributed by atoms with van der Waals surface area (Å²) in [4.78, 5) is 11.4. The first-order chi connectivity index (χ1) is 6.16. The molecule has 0 fully saturated rings. The van der Waals surface area contributed by atoms with E-state index in [9.17, 15) is 4.79 Å². The van der Waals surface area contributed by atoms with Gasteiger partial charge < -0.3 is 5.11 Å². The van der Waals surface area contributed by atoms with Crippen LogP contribution < -0.4 is 0 Å². The predicted octanol–water partition coefficient (Wildman–Crippen LogP) is 2.15. The van der Waals surface area contributed by atoms with Gasteiger partial charge in [0, 0.05) is 5.56 Å². The van der Waals surface area contributed by atoms with Crippen molar-refractivity contribution in [2.75, 3.05) is 0 Å². The molecule has 0 bridgehead atoms. The van der Waals surface area contributed by atoms with Crippen molar-refractivity contribution in [2.45, 2.75) is 18.4 Å². The average molecular weight is 243 g/mol. The summed E-state index contributed by atoms with van der Waals surface area (Å²) < 4.78 is 0. The fraction of sp³-hybridized carbons (Fsp3) is 0.300. The zero-order valence-corrected chi connectivity index (χ0v) is 8.91. The van der Waals surface area contributed by atoms with Gasteiger partial charge in [-0.25, -0.2) is 0 Å². The molecule has 0 aliphatic rings. The Balaban J connectivity index is 3.06. The first-order valence-electron chi connectivity index (χ1n) is 4.04. The van der Waals surface area contributed by atoms with Crippen LogP contribution in [-0.2, 0) is 6.61 Å². The topological polar surface area (TPSA) is 37.3 Å². The lowest BCUT2D eigenvalue weighted by atomic mass is 10.0. The van der Waals surface area contributed by atoms with E-state index >= 15 is 0 Å². The van der Waals surface area contributed by atoms with Gasteiger partial charge >= 0.3 is 0 Å². The highest BCUT2D eigenvalue weighted by atomic mass is 79.9. The number of rotatable bonds is 3. The van der Waals surface area contributed by atoms with Crippen LogP contribution in [0.3, 0.4) is 0 Å². The highest BCUT2D eigenvalue weighted by Gasteiger charge is 2.14. The molecule has 0 amide bonds. The molecule has 0 aliphatic heterocycles. The molecule has 0 heterocycles. The second-order valence-electron chi connectivity index (χ2n) is 2.80. The number of halogens is 1. The molecule has 1 aromatic rings. The van der Waals surface area contributed by atoms with Crippen LogP contribution in [0.5, 0.6) is 0 Å². The Morgan fingerprint density at radius 2 is 2.15 bits per heavy atom. The van der Waals surface area contributed by atoms with Crippen molar-refractivity contribution in [3.05, 3.63) is 35.4 Å². The van der Waals surface area contributed by atoms with E-state index < -0.39 is 0 Å². The molecule has 0 aliphatic carbocycles. The number of hydrogen-bond donors (Lipinski definition) is 1. The van der Waals surface area contributed by atoms with Crippen LogP contribution in [0.1, 0.15) is 22.8 Å². The van der Waals surface area contributed by atoms with Gasteiger partial charge in [0.15, 0.2) is 5.78 Å². The number of Topliss-reactive ketones (excluding diaryl/α,β-unsaturated/α-hetero) is 1. The third-order valence-electron chi connectivity index (χ3n) is 1.81. The third-order valence-corrected chi connectivity index (χ3v) is 2.23. The maximum atomic E-state index is 11.6. The number of benzene rings is 1. The summed E-state index contributed by atoms with van der Waals surface area (Å²) in [7, 11) is 0. The van der Waals surface area contributed by atoms with Gasteiger partial charge in [-0.15, -0.1) is 0 Å². The minimum Gasteiger partial charge on any atom is -0.392 e. The zero-order chi connectivity index (χ0) is 9.84. The SMILES string of the molecule is CC(Br)C(=O)c1ccccc1CO. The Kier molecular flexibility index (Phi) is 3.63. The molecule has 0 saturated carbocycles. The lowest BCUT2D eigenvalue weighted by molar-refractivity contribution is 0.0993. The van der Waals surface area contributed by atoms with Crippen molar-refractivity contribution >= 4 is 21.7 Å². The predicted molar refractivity (Wildman–Crippen MR) is 55.1 cm³/mol. The summed E-state index contributed by atoms with van der Waals surface area (Å²) in [6.07, 6.45) is 0. The van der Waals surface area contributed by atoms with Crippen molar-refractivity contribution in [1.82, 2.24) is 0 Å². The molecule has 1 N–H and O–H groups in total. The molecule has 1 aromatic carbocycles. The summed E-state index contributed by atoms with van der Waals surface area (Å²) in [5.41, 5.74) is 1.27. The molecule has 1 atom stereocenters. The molecular weight excluding hydrogens is 232 g/mol. The summed E-state index contributed by atoms with van der Waals surface area (Å²) in [5, 5.41) is 8.98. The van der Waals surface area contributed by atoms with E-state index in [1.165, 1.54) is 0 Å². The quantitative estimate of drug-likeness (QED) is 0.652. The first-order valence-corrected chi connectivity index (χ1v) is 4.95. The minimum atomic E-state index is -0.208. The summed E-state index contributed by atoms with van der Waals surface area (Å²) in [6.45, 7) is 1.68. The Labute approximate surface area is 85.7 Å². The minimum absolute atomic E-state index is 0.00431. The van der Waals surface area contributed by atoms with Crippen LogP contribution in [0.2, 0.25) is 0 Å². The molecule has 3 heteroatoms. The first kappa shape index (κ1) is 10.4. The van der Waals surface area contributed by atoms with Crippen molar-refractivity contribution in [3.8, 4) is 0 Å². The Morgan fingerprint density at radius 3 is 2.69 bits per heavy atom. The van der Waals surface area contributed by atoms with Crippen LogP contribution in [0, 0.1) is 0 Å². The third kappa shape index (κ3) is 2.39. The van der Waals surface area contributed by atoms with Gasteiger partial charge in [-0.1, -0.05) is 40.2 Å². The van der Waals surface area contributed by atoms with Gasteiger partial charge in [0.05, 0.1) is 11.4 Å². The lowest BCUT2D eigenvalue weighted by Gasteiger charge is -2.06. The van der Waals surface area contributed by atoms with E-state index in [1.807, 2.05) is 0 Å². The number of ketones is 1. The molecule has 2 nitrogen and oxygen atoms in total. The standard InChI is InChI=1S/C10H11BrO2/c1-7(11)10(13)9-5-3-2-4-8(9)6-12/h2-5,7,12H,6H2,1H3. The van der Waals surface area contributed by atoms with E-state index in [4.69, 9.17) is 5.11 Å². The molecule has 70 valence electrons. The molecule has 13 heavy (non-hydrogen) atoms. The maximum absolute atomic E-state index is 11.6. The average Bonchev–Trinajstić information content (AvgIpc) is 2.16. The van der Waals surface area contributed by atoms with Crippen molar-refractivity contribution in [1.29, 1.82) is 0 Å². The Morgan fingerprint density at radius 1 is 1.54 bits per heavy atom. The lowest BCUT2D eigenvalue weighted by Crippen LogP contribution is -2.12. The number of carbonyl (C=O) groups excluding carboxylic acids is 1. The van der Waals surface area contributed by atoms with Crippen molar-refractivity contribution in [2.24, 2.45) is 0 Å². The van der Waals surface area contributed by atoms with Gasteiger partial charge in [0.2, 0.25) is 0 Å². The van der Waals surface area contributed by atoms with Gasteiger partial charge in [-0.2, -0.15) is 0 Å². The Hall–Kier alpha value is -0.670. The highest BCUT2D eigenvalue weighted by molar-refractivity contribution is 9.10. The van der Waals surface area contributed by atoms with Gasteiger partial charge in [0.25, 0.3) is 0 Å². The molecule has 0 saturated heterocycles. The Bertz CT molecular complexity index is 308. The van der Waals surface area contributed by atoms with Gasteiger partial charge in [0.1, 0.15) is 0 Å². The van der Waals surface area contributed by atoms with Crippen molar-refractivity contribution in [3.63, 3.8) is 0 Å². The molecule has 0 spiro atoms. The number of aliphatic hydroxyl groups excluding tert-OH is 1. The number of alkyl halides is 1.